The van der Waals surface area contributed by atoms with E-state index < -0.39 is 5.97 Å². The van der Waals surface area contributed by atoms with E-state index in [-0.39, 0.29) is 18.3 Å². The number of nitrogens with zero attached hydrogens (tertiary/aromatic N) is 1. The SMILES string of the molecule is NC(N)=NCCCCOc1ccc2c(c1)CC(CC(=O)O)CC2. The van der Waals surface area contributed by atoms with Gasteiger partial charge in [0.25, 0.3) is 0 Å². The molecule has 0 bridgehead atoms. The monoisotopic (exact) mass is 319 g/mol. The lowest BCUT2D eigenvalue weighted by Crippen LogP contribution is -2.23. The molecule has 0 fully saturated rings. The number of nitrogens with two attached hydrogens (primary N) is 2. The molecule has 0 saturated carbocycles. The first-order chi connectivity index (χ1) is 11.0. The van der Waals surface area contributed by atoms with Gasteiger partial charge in [0.05, 0.1) is 6.61 Å². The summed E-state index contributed by atoms with van der Waals surface area (Å²) in [4.78, 5) is 14.8. The van der Waals surface area contributed by atoms with E-state index in [4.69, 9.17) is 21.3 Å². The predicted molar refractivity (Wildman–Crippen MR) is 89.6 cm³/mol. The summed E-state index contributed by atoms with van der Waals surface area (Å²) in [5, 5.41) is 8.94. The van der Waals surface area contributed by atoms with Crippen molar-refractivity contribution in [1.82, 2.24) is 0 Å². The maximum atomic E-state index is 10.9. The molecule has 0 saturated heterocycles. The van der Waals surface area contributed by atoms with E-state index in [0.29, 0.717) is 13.2 Å². The van der Waals surface area contributed by atoms with Crippen LogP contribution in [-0.4, -0.2) is 30.2 Å². The highest BCUT2D eigenvalue weighted by Crippen LogP contribution is 2.30. The van der Waals surface area contributed by atoms with Gasteiger partial charge in [-0.2, -0.15) is 0 Å². The normalized spacial score (nSPS) is 16.4. The topological polar surface area (TPSA) is 111 Å². The molecule has 1 aliphatic carbocycles. The minimum absolute atomic E-state index is 0.122. The van der Waals surface area contributed by atoms with Crippen LogP contribution in [0.15, 0.2) is 23.2 Å². The summed E-state index contributed by atoms with van der Waals surface area (Å²) < 4.78 is 5.77. The lowest BCUT2D eigenvalue weighted by molar-refractivity contribution is -0.138. The van der Waals surface area contributed by atoms with Gasteiger partial charge in [0, 0.05) is 13.0 Å². The summed E-state index contributed by atoms with van der Waals surface area (Å²) in [5.74, 6) is 0.486. The molecule has 126 valence electrons. The van der Waals surface area contributed by atoms with Crippen molar-refractivity contribution in [3.63, 3.8) is 0 Å². The number of ether oxygens (including phenoxy) is 1. The Morgan fingerprint density at radius 3 is 2.87 bits per heavy atom. The first-order valence-corrected chi connectivity index (χ1v) is 8.06. The quantitative estimate of drug-likeness (QED) is 0.384. The van der Waals surface area contributed by atoms with Gasteiger partial charge >= 0.3 is 5.97 Å². The van der Waals surface area contributed by atoms with Crippen LogP contribution in [0.3, 0.4) is 0 Å². The van der Waals surface area contributed by atoms with E-state index in [2.05, 4.69) is 17.1 Å². The van der Waals surface area contributed by atoms with Crippen molar-refractivity contribution < 1.29 is 14.6 Å². The van der Waals surface area contributed by atoms with Crippen LogP contribution in [0.2, 0.25) is 0 Å². The highest BCUT2D eigenvalue weighted by molar-refractivity contribution is 5.75. The molecule has 1 atom stereocenters. The average Bonchev–Trinajstić information content (AvgIpc) is 2.49. The standard InChI is InChI=1S/C17H25N3O3/c18-17(19)20-7-1-2-8-23-15-6-5-13-4-3-12(10-16(21)22)9-14(13)11-15/h5-6,11-12H,1-4,7-10H2,(H,21,22)(H4,18,19,20). The summed E-state index contributed by atoms with van der Waals surface area (Å²) in [6.45, 7) is 1.24. The van der Waals surface area contributed by atoms with E-state index in [1.807, 2.05) is 6.07 Å². The number of aryl methyl sites for hydroxylation is 1. The van der Waals surface area contributed by atoms with Crippen LogP contribution in [0.4, 0.5) is 0 Å². The van der Waals surface area contributed by atoms with Crippen LogP contribution in [0, 0.1) is 5.92 Å². The average molecular weight is 319 g/mol. The maximum absolute atomic E-state index is 10.9. The summed E-state index contributed by atoms with van der Waals surface area (Å²) >= 11 is 0. The third kappa shape index (κ3) is 5.81. The van der Waals surface area contributed by atoms with Crippen LogP contribution in [0.25, 0.3) is 0 Å². The van der Waals surface area contributed by atoms with Crippen molar-refractivity contribution in [2.24, 2.45) is 22.4 Å². The van der Waals surface area contributed by atoms with Crippen LogP contribution >= 0.6 is 0 Å². The van der Waals surface area contributed by atoms with E-state index in [0.717, 1.165) is 37.9 Å². The van der Waals surface area contributed by atoms with Crippen molar-refractivity contribution in [2.45, 2.75) is 38.5 Å². The molecule has 0 spiro atoms. The number of aliphatic imine (C=N–C) groups is 1. The highest BCUT2D eigenvalue weighted by atomic mass is 16.5. The number of unbranched alkanes of at least 4 members (excludes halogenated alkanes) is 1. The number of guanidine groups is 1. The zero-order valence-corrected chi connectivity index (χ0v) is 13.3. The number of carboxylic acids is 1. The summed E-state index contributed by atoms with van der Waals surface area (Å²) in [6, 6.07) is 6.15. The van der Waals surface area contributed by atoms with Gasteiger partial charge in [0.15, 0.2) is 5.96 Å². The van der Waals surface area contributed by atoms with Crippen molar-refractivity contribution in [1.29, 1.82) is 0 Å². The first kappa shape index (κ1) is 17.1. The van der Waals surface area contributed by atoms with Crippen molar-refractivity contribution in [3.05, 3.63) is 29.3 Å². The molecular formula is C17H25N3O3. The lowest BCUT2D eigenvalue weighted by atomic mass is 9.82. The molecule has 0 amide bonds. The zero-order chi connectivity index (χ0) is 16.7. The van der Waals surface area contributed by atoms with Gasteiger partial charge in [-0.3, -0.25) is 9.79 Å². The number of fused-ring (bicyclic) bond motifs is 1. The number of benzene rings is 1. The van der Waals surface area contributed by atoms with Crippen molar-refractivity contribution in [2.75, 3.05) is 13.2 Å². The van der Waals surface area contributed by atoms with E-state index in [1.165, 1.54) is 11.1 Å². The molecule has 1 aliphatic rings. The molecule has 5 N–H and O–H groups in total. The number of rotatable bonds is 8. The summed E-state index contributed by atoms with van der Waals surface area (Å²) in [7, 11) is 0. The second kappa shape index (κ2) is 8.41. The molecule has 2 rings (SSSR count). The highest BCUT2D eigenvalue weighted by Gasteiger charge is 2.21. The molecule has 0 heterocycles. The van der Waals surface area contributed by atoms with Gasteiger partial charge in [-0.05, 0) is 61.3 Å². The van der Waals surface area contributed by atoms with Gasteiger partial charge in [-0.1, -0.05) is 6.07 Å². The van der Waals surface area contributed by atoms with Gasteiger partial charge in [0.1, 0.15) is 5.75 Å². The zero-order valence-electron chi connectivity index (χ0n) is 13.3. The number of carboxylic acid groups (broad SMARTS) is 1. The van der Waals surface area contributed by atoms with Gasteiger partial charge in [-0.15, -0.1) is 0 Å². The Hall–Kier alpha value is -2.24. The summed E-state index contributed by atoms with van der Waals surface area (Å²) in [6.07, 6.45) is 4.73. The second-order valence-electron chi connectivity index (χ2n) is 6.00. The molecule has 6 nitrogen and oxygen atoms in total. The van der Waals surface area contributed by atoms with E-state index in [1.54, 1.807) is 0 Å². The summed E-state index contributed by atoms with van der Waals surface area (Å²) in [5.41, 5.74) is 13.1. The largest absolute Gasteiger partial charge is 0.494 e. The second-order valence-corrected chi connectivity index (χ2v) is 6.00. The molecule has 0 aliphatic heterocycles. The first-order valence-electron chi connectivity index (χ1n) is 8.06. The number of hydrogen-bond donors (Lipinski definition) is 3. The van der Waals surface area contributed by atoms with Crippen molar-refractivity contribution >= 4 is 11.9 Å². The molecule has 1 unspecified atom stereocenters. The third-order valence-corrected chi connectivity index (χ3v) is 4.09. The lowest BCUT2D eigenvalue weighted by Gasteiger charge is -2.24. The Kier molecular flexibility index (Phi) is 6.26. The fourth-order valence-corrected chi connectivity index (χ4v) is 2.93. The smallest absolute Gasteiger partial charge is 0.303 e. The fraction of sp³-hybridized carbons (Fsp3) is 0.529. The van der Waals surface area contributed by atoms with Crippen LogP contribution in [-0.2, 0) is 17.6 Å². The molecule has 23 heavy (non-hydrogen) atoms. The predicted octanol–water partition coefficient (Wildman–Crippen LogP) is 1.70. The Labute approximate surface area is 136 Å². The molecule has 1 aromatic carbocycles. The number of carbonyl (C=O) groups is 1. The Morgan fingerprint density at radius 1 is 1.30 bits per heavy atom. The van der Waals surface area contributed by atoms with Crippen molar-refractivity contribution in [3.8, 4) is 5.75 Å². The Bertz CT molecular complexity index is 568. The van der Waals surface area contributed by atoms with Gasteiger partial charge in [-0.25, -0.2) is 0 Å². The van der Waals surface area contributed by atoms with E-state index in [9.17, 15) is 4.79 Å². The molecule has 0 radical (unpaired) electrons. The van der Waals surface area contributed by atoms with Crippen LogP contribution in [0.1, 0.15) is 36.8 Å². The Balaban J connectivity index is 1.81. The molecule has 1 aromatic rings. The number of aliphatic carboxylic acids is 1. The molecular weight excluding hydrogens is 294 g/mol. The third-order valence-electron chi connectivity index (χ3n) is 4.09. The molecule has 6 heteroatoms. The van der Waals surface area contributed by atoms with E-state index >= 15 is 0 Å². The fourth-order valence-electron chi connectivity index (χ4n) is 2.93. The number of hydrogen-bond acceptors (Lipinski definition) is 3. The van der Waals surface area contributed by atoms with Crippen LogP contribution < -0.4 is 16.2 Å². The minimum atomic E-state index is -0.716. The minimum Gasteiger partial charge on any atom is -0.494 e. The maximum Gasteiger partial charge on any atom is 0.303 e. The van der Waals surface area contributed by atoms with Gasteiger partial charge < -0.3 is 21.3 Å². The molecule has 0 aromatic heterocycles. The Morgan fingerprint density at radius 2 is 2.13 bits per heavy atom. The van der Waals surface area contributed by atoms with Gasteiger partial charge in [0.2, 0.25) is 0 Å². The van der Waals surface area contributed by atoms with Crippen LogP contribution in [0.5, 0.6) is 5.75 Å².